The molecule has 1 saturated carbocycles. The summed E-state index contributed by atoms with van der Waals surface area (Å²) in [6.45, 7) is -0.901. The summed E-state index contributed by atoms with van der Waals surface area (Å²) in [6, 6.07) is 21.0. The van der Waals surface area contributed by atoms with Crippen LogP contribution in [0.4, 0.5) is 0 Å². The molecule has 5 rings (SSSR count). The lowest BCUT2D eigenvalue weighted by Crippen LogP contribution is -2.41. The summed E-state index contributed by atoms with van der Waals surface area (Å²) in [6.07, 6.45) is 1.84. The van der Waals surface area contributed by atoms with Crippen LogP contribution in [0.25, 0.3) is 21.3 Å². The highest BCUT2D eigenvalue weighted by Crippen LogP contribution is 2.35. The normalized spacial score (nSPS) is 13.7. The molecule has 10 nitrogen and oxygen atoms in total. The number of benzene rings is 3. The number of rotatable bonds is 12. The fraction of sp³-hybridized carbons (Fsp3) is 0.258. The molecule has 0 radical (unpaired) electrons. The quantitative estimate of drug-likeness (QED) is 0.218. The molecule has 4 aromatic rings. The highest BCUT2D eigenvalue weighted by atomic mass is 32.2. The topological polar surface area (TPSA) is 166 Å². The molecule has 0 spiro atoms. The first kappa shape index (κ1) is 30.0. The van der Waals surface area contributed by atoms with Crippen LogP contribution in [-0.2, 0) is 36.4 Å². The molecule has 1 fully saturated rings. The Hall–Kier alpha value is -4.44. The van der Waals surface area contributed by atoms with E-state index in [4.69, 9.17) is 5.11 Å². The van der Waals surface area contributed by atoms with Gasteiger partial charge in [-0.2, -0.15) is 5.26 Å². The van der Waals surface area contributed by atoms with Crippen LogP contribution in [0.3, 0.4) is 0 Å². The van der Waals surface area contributed by atoms with E-state index in [0.717, 1.165) is 40.9 Å². The molecule has 1 aromatic heterocycles. The van der Waals surface area contributed by atoms with Crippen LogP contribution in [0.15, 0.2) is 66.7 Å². The lowest BCUT2D eigenvalue weighted by Gasteiger charge is -2.16. The van der Waals surface area contributed by atoms with Crippen LogP contribution in [0.1, 0.15) is 39.8 Å². The number of thiazole rings is 1. The molecular weight excluding hydrogens is 588 g/mol. The van der Waals surface area contributed by atoms with Crippen molar-refractivity contribution in [2.75, 3.05) is 13.2 Å². The zero-order valence-electron chi connectivity index (χ0n) is 22.9. The van der Waals surface area contributed by atoms with E-state index in [9.17, 15) is 28.1 Å². The minimum absolute atomic E-state index is 0.0611. The summed E-state index contributed by atoms with van der Waals surface area (Å²) in [7, 11) is -4.20. The Morgan fingerprint density at radius 2 is 1.77 bits per heavy atom. The molecule has 1 aliphatic carbocycles. The molecule has 0 bridgehead atoms. The van der Waals surface area contributed by atoms with Crippen molar-refractivity contribution in [1.82, 2.24) is 15.6 Å². The zero-order valence-corrected chi connectivity index (χ0v) is 24.6. The maximum absolute atomic E-state index is 13.8. The Bertz CT molecular complexity index is 1860. The number of nitrogens with zero attached hydrogens (tertiary/aromatic N) is 2. The molecule has 12 heteroatoms. The van der Waals surface area contributed by atoms with E-state index in [1.54, 1.807) is 30.3 Å². The molecular formula is C31H28N4O6S2. The van der Waals surface area contributed by atoms with Crippen LogP contribution in [0, 0.1) is 11.3 Å². The molecule has 220 valence electrons. The highest BCUT2D eigenvalue weighted by molar-refractivity contribution is 7.91. The molecule has 0 aliphatic heterocycles. The minimum atomic E-state index is -4.20. The van der Waals surface area contributed by atoms with Crippen LogP contribution >= 0.6 is 11.3 Å². The van der Waals surface area contributed by atoms with Gasteiger partial charge in [0.1, 0.15) is 11.6 Å². The van der Waals surface area contributed by atoms with Crippen molar-refractivity contribution in [2.24, 2.45) is 0 Å². The summed E-state index contributed by atoms with van der Waals surface area (Å²) >= 11 is 1.07. The van der Waals surface area contributed by atoms with Gasteiger partial charge in [0, 0.05) is 12.5 Å². The van der Waals surface area contributed by atoms with Gasteiger partial charge in [0.15, 0.2) is 20.9 Å². The van der Waals surface area contributed by atoms with E-state index in [1.807, 2.05) is 36.4 Å². The lowest BCUT2D eigenvalue weighted by molar-refractivity contribution is -0.126. The molecule has 1 unspecified atom stereocenters. The highest BCUT2D eigenvalue weighted by Gasteiger charge is 2.37. The predicted octanol–water partition coefficient (Wildman–Crippen LogP) is 2.99. The van der Waals surface area contributed by atoms with Gasteiger partial charge in [0.2, 0.25) is 11.8 Å². The average molecular weight is 617 g/mol. The van der Waals surface area contributed by atoms with E-state index >= 15 is 0 Å². The minimum Gasteiger partial charge on any atom is -0.389 e. The van der Waals surface area contributed by atoms with Gasteiger partial charge in [0.05, 0.1) is 34.1 Å². The number of carbonyl (C=O) groups excluding carboxylic acids is 3. The van der Waals surface area contributed by atoms with Crippen molar-refractivity contribution in [1.29, 1.82) is 5.26 Å². The summed E-state index contributed by atoms with van der Waals surface area (Å²) in [4.78, 5) is 41.9. The molecule has 1 heterocycles. The number of nitriles is 1. The summed E-state index contributed by atoms with van der Waals surface area (Å²) in [5, 5.41) is 21.9. The van der Waals surface area contributed by atoms with Crippen LogP contribution < -0.4 is 10.6 Å². The van der Waals surface area contributed by atoms with Crippen molar-refractivity contribution in [3.05, 3.63) is 88.4 Å². The summed E-state index contributed by atoms with van der Waals surface area (Å²) in [5.41, 5.74) is 3.52. The smallest absolute Gasteiger partial charge is 0.245 e. The van der Waals surface area contributed by atoms with Crippen molar-refractivity contribution < 1.29 is 27.9 Å². The molecule has 2 amide bonds. The van der Waals surface area contributed by atoms with Gasteiger partial charge < -0.3 is 15.7 Å². The molecule has 0 saturated heterocycles. The summed E-state index contributed by atoms with van der Waals surface area (Å²) in [5.74, 6) is -2.06. The third-order valence-corrected chi connectivity index (χ3v) is 9.98. The standard InChI is InChI=1S/C31H28N4O6S2/c32-15-20-4-1-5-21(11-20)18-43(40,41)29(30(39)33-16-28(38)34-24-8-9-24)31-35-26-10-7-23(14-27(26)42-31)22-6-2-3-19(12-22)13-25(37)17-36/h1-7,10-12,14,24,29,36H,8-9,13,16-18H2,(H,33,39)(H,34,38). The second-order valence-corrected chi connectivity index (χ2v) is 13.5. The van der Waals surface area contributed by atoms with Gasteiger partial charge in [-0.25, -0.2) is 13.4 Å². The van der Waals surface area contributed by atoms with E-state index in [0.29, 0.717) is 21.3 Å². The third-order valence-electron chi connectivity index (χ3n) is 6.85. The average Bonchev–Trinajstić information content (AvgIpc) is 3.71. The van der Waals surface area contributed by atoms with E-state index < -0.39 is 39.3 Å². The fourth-order valence-electron chi connectivity index (χ4n) is 4.62. The van der Waals surface area contributed by atoms with Crippen LogP contribution in [0.2, 0.25) is 0 Å². The number of aromatic nitrogens is 1. The summed E-state index contributed by atoms with van der Waals surface area (Å²) < 4.78 is 28.2. The Morgan fingerprint density at radius 3 is 2.51 bits per heavy atom. The number of ketones is 1. The number of aliphatic hydroxyl groups excluding tert-OH is 1. The molecule has 1 aliphatic rings. The Kier molecular flexibility index (Phi) is 8.96. The Balaban J connectivity index is 1.46. The number of nitrogens with one attached hydrogen (secondary N) is 2. The third kappa shape index (κ3) is 7.50. The van der Waals surface area contributed by atoms with Gasteiger partial charge in [-0.05, 0) is 59.4 Å². The maximum Gasteiger partial charge on any atom is 0.245 e. The van der Waals surface area contributed by atoms with Gasteiger partial charge in [-0.3, -0.25) is 14.4 Å². The van der Waals surface area contributed by atoms with Crippen molar-refractivity contribution in [3.8, 4) is 17.2 Å². The lowest BCUT2D eigenvalue weighted by atomic mass is 10.0. The van der Waals surface area contributed by atoms with Gasteiger partial charge in [0.25, 0.3) is 0 Å². The number of carbonyl (C=O) groups is 3. The van der Waals surface area contributed by atoms with Crippen LogP contribution in [-0.4, -0.2) is 55.3 Å². The van der Waals surface area contributed by atoms with E-state index in [1.165, 1.54) is 6.07 Å². The maximum atomic E-state index is 13.8. The molecule has 43 heavy (non-hydrogen) atoms. The number of hydrogen-bond acceptors (Lipinski definition) is 9. The molecule has 1 atom stereocenters. The van der Waals surface area contributed by atoms with Gasteiger partial charge in [-0.15, -0.1) is 11.3 Å². The van der Waals surface area contributed by atoms with E-state index in [2.05, 4.69) is 15.6 Å². The number of Topliss-reactive ketones (excluding diaryl/α,β-unsaturated/α-hetero) is 1. The second-order valence-electron chi connectivity index (χ2n) is 10.4. The first-order valence-electron chi connectivity index (χ1n) is 13.5. The van der Waals surface area contributed by atoms with Gasteiger partial charge >= 0.3 is 0 Å². The molecule has 3 aromatic carbocycles. The zero-order chi connectivity index (χ0) is 30.6. The monoisotopic (exact) mass is 616 g/mol. The van der Waals surface area contributed by atoms with E-state index in [-0.39, 0.29) is 29.8 Å². The van der Waals surface area contributed by atoms with Crippen molar-refractivity contribution in [3.63, 3.8) is 0 Å². The fourth-order valence-corrected chi connectivity index (χ4v) is 7.77. The largest absolute Gasteiger partial charge is 0.389 e. The number of fused-ring (bicyclic) bond motifs is 1. The number of amides is 2. The van der Waals surface area contributed by atoms with Crippen molar-refractivity contribution >= 4 is 49.0 Å². The van der Waals surface area contributed by atoms with Crippen LogP contribution in [0.5, 0.6) is 0 Å². The number of aliphatic hydroxyl groups is 1. The Labute approximate surface area is 252 Å². The number of sulfone groups is 1. The SMILES string of the molecule is N#Cc1cccc(CS(=O)(=O)C(C(=O)NCC(=O)NC2CC2)c2nc3ccc(-c4cccc(CC(=O)CO)c4)cc3s2)c1. The first-order valence-corrected chi connectivity index (χ1v) is 16.1. The predicted molar refractivity (Wildman–Crippen MR) is 162 cm³/mol. The van der Waals surface area contributed by atoms with Gasteiger partial charge in [-0.1, -0.05) is 42.5 Å². The Morgan fingerprint density at radius 1 is 1.02 bits per heavy atom. The first-order chi connectivity index (χ1) is 20.6. The molecule has 3 N–H and O–H groups in total. The van der Waals surface area contributed by atoms with Crippen molar-refractivity contribution in [2.45, 2.75) is 36.3 Å². The second kappa shape index (κ2) is 12.8. The number of hydrogen-bond donors (Lipinski definition) is 3.